The smallest absolute Gasteiger partial charge is 0.407 e. The number of nitrogens with one attached hydrogen (secondary N) is 1. The highest BCUT2D eigenvalue weighted by Crippen LogP contribution is 2.35. The third-order valence-corrected chi connectivity index (χ3v) is 6.61. The van der Waals surface area contributed by atoms with Crippen molar-refractivity contribution in [1.82, 2.24) is 14.8 Å². The van der Waals surface area contributed by atoms with Gasteiger partial charge in [-0.1, -0.05) is 35.9 Å². The predicted molar refractivity (Wildman–Crippen MR) is 133 cm³/mol. The molecule has 35 heavy (non-hydrogen) atoms. The van der Waals surface area contributed by atoms with E-state index in [1.165, 1.54) is 14.0 Å². The number of aryl methyl sites for hydroxylation is 1. The van der Waals surface area contributed by atoms with Crippen LogP contribution in [0.3, 0.4) is 0 Å². The summed E-state index contributed by atoms with van der Waals surface area (Å²) in [5, 5.41) is 13.3. The van der Waals surface area contributed by atoms with E-state index in [0.717, 1.165) is 27.9 Å². The van der Waals surface area contributed by atoms with E-state index in [2.05, 4.69) is 5.32 Å². The number of amides is 3. The van der Waals surface area contributed by atoms with Gasteiger partial charge in [0.15, 0.2) is 0 Å². The molecule has 2 N–H and O–H groups in total. The van der Waals surface area contributed by atoms with E-state index >= 15 is 0 Å². The average Bonchev–Trinajstić information content (AvgIpc) is 3.13. The van der Waals surface area contributed by atoms with Crippen molar-refractivity contribution >= 4 is 46.1 Å². The molecule has 4 rings (SSSR count). The molecule has 184 valence electrons. The van der Waals surface area contributed by atoms with Crippen LogP contribution in [0.1, 0.15) is 19.4 Å². The van der Waals surface area contributed by atoms with Crippen LogP contribution in [-0.2, 0) is 22.7 Å². The molecule has 3 amide bonds. The number of carbonyl (C=O) groups is 3. The van der Waals surface area contributed by atoms with Crippen molar-refractivity contribution in [2.45, 2.75) is 39.0 Å². The molecule has 9 nitrogen and oxygen atoms in total. The molecule has 0 saturated heterocycles. The molecule has 0 radical (unpaired) electrons. The standard InChI is InChI=1S/C25H27ClN4O5/c1-4-29-13-17(26)22-16(8-7-10-20(22)29)12-30-19-9-5-6-11-21(19)35-14-18(24(30)32)27-23(31)15(2)28(3)25(33)34/h5-11,13,15,18H,4,12,14H2,1-3H3,(H,27,31)(H,33,34)/t15-,18-/m0/s1. The summed E-state index contributed by atoms with van der Waals surface area (Å²) >= 11 is 6.58. The zero-order valence-electron chi connectivity index (χ0n) is 19.7. The molecule has 1 aromatic heterocycles. The Morgan fingerprint density at radius 2 is 2.00 bits per heavy atom. The minimum Gasteiger partial charge on any atom is -0.489 e. The van der Waals surface area contributed by atoms with E-state index in [9.17, 15) is 19.5 Å². The van der Waals surface area contributed by atoms with Crippen LogP contribution in [0, 0.1) is 0 Å². The van der Waals surface area contributed by atoms with E-state index in [0.29, 0.717) is 16.5 Å². The van der Waals surface area contributed by atoms with Crippen molar-refractivity contribution in [2.24, 2.45) is 0 Å². The highest BCUT2D eigenvalue weighted by molar-refractivity contribution is 6.36. The number of para-hydroxylation sites is 2. The molecule has 0 spiro atoms. The lowest BCUT2D eigenvalue weighted by molar-refractivity contribution is -0.130. The van der Waals surface area contributed by atoms with E-state index in [-0.39, 0.29) is 19.1 Å². The maximum absolute atomic E-state index is 13.7. The SMILES string of the molecule is CCn1cc(Cl)c2c(CN3C(=O)[C@@H](NC(=O)[C@H](C)N(C)C(=O)O)COc4ccccc43)cccc21. The number of hydrogen-bond donors (Lipinski definition) is 2. The van der Waals surface area contributed by atoms with Gasteiger partial charge >= 0.3 is 6.09 Å². The van der Waals surface area contributed by atoms with Crippen molar-refractivity contribution in [3.8, 4) is 5.75 Å². The monoisotopic (exact) mass is 498 g/mol. The van der Waals surface area contributed by atoms with Gasteiger partial charge < -0.3 is 24.6 Å². The number of halogens is 1. The Balaban J connectivity index is 1.69. The number of anilines is 1. The summed E-state index contributed by atoms with van der Waals surface area (Å²) in [6, 6.07) is 11.0. The second kappa shape index (κ2) is 9.87. The van der Waals surface area contributed by atoms with Crippen molar-refractivity contribution in [3.05, 3.63) is 59.2 Å². The first kappa shape index (κ1) is 24.4. The summed E-state index contributed by atoms with van der Waals surface area (Å²) in [6.45, 7) is 4.37. The van der Waals surface area contributed by atoms with Crippen LogP contribution in [0.4, 0.5) is 10.5 Å². The van der Waals surface area contributed by atoms with Crippen LogP contribution >= 0.6 is 11.6 Å². The molecule has 10 heteroatoms. The topological polar surface area (TPSA) is 104 Å². The maximum Gasteiger partial charge on any atom is 0.407 e. The summed E-state index contributed by atoms with van der Waals surface area (Å²) in [5.74, 6) is -0.442. The van der Waals surface area contributed by atoms with Gasteiger partial charge in [-0.15, -0.1) is 0 Å². The summed E-state index contributed by atoms with van der Waals surface area (Å²) in [4.78, 5) is 40.2. The Kier molecular flexibility index (Phi) is 6.88. The Morgan fingerprint density at radius 1 is 1.26 bits per heavy atom. The molecule has 2 heterocycles. The van der Waals surface area contributed by atoms with Gasteiger partial charge in [0, 0.05) is 30.7 Å². The van der Waals surface area contributed by atoms with Gasteiger partial charge in [-0.2, -0.15) is 0 Å². The van der Waals surface area contributed by atoms with Gasteiger partial charge in [-0.05, 0) is 37.6 Å². The quantitative estimate of drug-likeness (QED) is 0.539. The average molecular weight is 499 g/mol. The lowest BCUT2D eigenvalue weighted by atomic mass is 10.1. The molecule has 0 saturated carbocycles. The Labute approximate surface area is 207 Å². The Morgan fingerprint density at radius 3 is 2.71 bits per heavy atom. The van der Waals surface area contributed by atoms with Gasteiger partial charge in [0.2, 0.25) is 5.91 Å². The second-order valence-corrected chi connectivity index (χ2v) is 8.82. The largest absolute Gasteiger partial charge is 0.489 e. The number of carbonyl (C=O) groups excluding carboxylic acids is 2. The van der Waals surface area contributed by atoms with E-state index in [1.54, 1.807) is 17.0 Å². The van der Waals surface area contributed by atoms with Crippen molar-refractivity contribution < 1.29 is 24.2 Å². The number of hydrogen-bond acceptors (Lipinski definition) is 4. The van der Waals surface area contributed by atoms with Gasteiger partial charge in [0.25, 0.3) is 5.91 Å². The number of rotatable bonds is 6. The van der Waals surface area contributed by atoms with Crippen LogP contribution in [0.15, 0.2) is 48.7 Å². The molecule has 2 atom stereocenters. The molecular formula is C25H27ClN4O5. The molecule has 0 fully saturated rings. The van der Waals surface area contributed by atoms with E-state index < -0.39 is 24.1 Å². The van der Waals surface area contributed by atoms with Crippen molar-refractivity contribution in [1.29, 1.82) is 0 Å². The van der Waals surface area contributed by atoms with Crippen LogP contribution < -0.4 is 15.0 Å². The number of likely N-dealkylation sites (N-methyl/N-ethyl adjacent to an activating group) is 1. The fraction of sp³-hybridized carbons (Fsp3) is 0.320. The van der Waals surface area contributed by atoms with E-state index in [1.807, 2.05) is 48.0 Å². The fourth-order valence-corrected chi connectivity index (χ4v) is 4.53. The Hall–Kier alpha value is -3.72. The highest BCUT2D eigenvalue weighted by Gasteiger charge is 2.34. The van der Waals surface area contributed by atoms with E-state index in [4.69, 9.17) is 16.3 Å². The zero-order chi connectivity index (χ0) is 25.3. The minimum atomic E-state index is -1.24. The number of nitrogens with zero attached hydrogens (tertiary/aromatic N) is 3. The van der Waals surface area contributed by atoms with Crippen molar-refractivity contribution in [2.75, 3.05) is 18.6 Å². The minimum absolute atomic E-state index is 0.0846. The maximum atomic E-state index is 13.7. The third kappa shape index (κ3) is 4.64. The lowest BCUT2D eigenvalue weighted by Gasteiger charge is -2.27. The first-order chi connectivity index (χ1) is 16.7. The number of aromatic nitrogens is 1. The zero-order valence-corrected chi connectivity index (χ0v) is 20.5. The summed E-state index contributed by atoms with van der Waals surface area (Å²) in [6.07, 6.45) is 0.634. The summed E-state index contributed by atoms with van der Waals surface area (Å²) < 4.78 is 7.93. The summed E-state index contributed by atoms with van der Waals surface area (Å²) in [5.41, 5.74) is 2.40. The first-order valence-electron chi connectivity index (χ1n) is 11.3. The van der Waals surface area contributed by atoms with Gasteiger partial charge in [-0.25, -0.2) is 4.79 Å². The summed E-state index contributed by atoms with van der Waals surface area (Å²) in [7, 11) is 1.30. The van der Waals surface area contributed by atoms with Crippen LogP contribution in [0.5, 0.6) is 5.75 Å². The normalized spacial score (nSPS) is 16.3. The first-order valence-corrected chi connectivity index (χ1v) is 11.7. The van der Waals surface area contributed by atoms with Crippen LogP contribution in [0.25, 0.3) is 10.9 Å². The Bertz CT molecular complexity index is 1290. The number of carboxylic acid groups (broad SMARTS) is 1. The highest BCUT2D eigenvalue weighted by atomic mass is 35.5. The molecule has 1 aliphatic rings. The lowest BCUT2D eigenvalue weighted by Crippen LogP contribution is -2.55. The van der Waals surface area contributed by atoms with Gasteiger partial charge in [0.1, 0.15) is 24.4 Å². The van der Waals surface area contributed by atoms with Crippen LogP contribution in [0.2, 0.25) is 5.02 Å². The number of ether oxygens (including phenoxy) is 1. The second-order valence-electron chi connectivity index (χ2n) is 8.41. The molecule has 0 bridgehead atoms. The van der Waals surface area contributed by atoms with Crippen LogP contribution in [-0.4, -0.2) is 58.2 Å². The molecule has 3 aromatic rings. The molecule has 0 aliphatic carbocycles. The third-order valence-electron chi connectivity index (χ3n) is 6.32. The number of fused-ring (bicyclic) bond motifs is 2. The molecule has 2 aromatic carbocycles. The molecular weight excluding hydrogens is 472 g/mol. The van der Waals surface area contributed by atoms with Crippen molar-refractivity contribution in [3.63, 3.8) is 0 Å². The molecule has 0 unspecified atom stereocenters. The molecule has 1 aliphatic heterocycles. The van der Waals surface area contributed by atoms with Gasteiger partial charge in [-0.3, -0.25) is 14.5 Å². The fourth-order valence-electron chi connectivity index (χ4n) is 4.19. The van der Waals surface area contributed by atoms with Gasteiger partial charge in [0.05, 0.1) is 17.3 Å². The predicted octanol–water partition coefficient (Wildman–Crippen LogP) is 3.72. The number of benzene rings is 2.